The highest BCUT2D eigenvalue weighted by molar-refractivity contribution is 6.26. The molecule has 0 aromatic heterocycles. The summed E-state index contributed by atoms with van der Waals surface area (Å²) < 4.78 is 0. The van der Waals surface area contributed by atoms with Crippen molar-refractivity contribution in [3.8, 4) is 0 Å². The number of hydrogen-bond donors (Lipinski definition) is 1. The lowest BCUT2D eigenvalue weighted by molar-refractivity contribution is 0.0580. The molecule has 1 aliphatic heterocycles. The maximum atomic E-state index is 13.2. The molecular weight excluding hydrogens is 352 g/mol. The number of unbranched alkanes of at least 4 members (excludes halogenated alkanes) is 1. The van der Waals surface area contributed by atoms with Crippen LogP contribution in [0.1, 0.15) is 60.2 Å². The molecule has 0 fully saturated rings. The zero-order chi connectivity index (χ0) is 20.3. The van der Waals surface area contributed by atoms with E-state index in [1.807, 2.05) is 42.3 Å². The van der Waals surface area contributed by atoms with Gasteiger partial charge in [-0.1, -0.05) is 45.2 Å². The number of hydrogen-bond acceptors (Lipinski definition) is 4. The maximum Gasteiger partial charge on any atom is 0.261 e. The van der Waals surface area contributed by atoms with Crippen LogP contribution in [0.25, 0.3) is 10.8 Å². The molecule has 1 aliphatic rings. The minimum atomic E-state index is -0.194. The number of aliphatic hydroxyl groups excluding tert-OH is 1. The van der Waals surface area contributed by atoms with Gasteiger partial charge < -0.3 is 10.0 Å². The molecule has 1 N–H and O–H groups in total. The SMILES string of the molecule is CCCCC(CC)CN1C(=O)c2cccc3c(N(C)CCO)ccc(c23)C1=O. The smallest absolute Gasteiger partial charge is 0.261 e. The molecule has 0 saturated carbocycles. The van der Waals surface area contributed by atoms with Crippen molar-refractivity contribution < 1.29 is 14.7 Å². The van der Waals surface area contributed by atoms with Crippen LogP contribution in [-0.4, -0.2) is 48.6 Å². The molecule has 5 heteroatoms. The second-order valence-corrected chi connectivity index (χ2v) is 7.64. The Morgan fingerprint density at radius 2 is 1.79 bits per heavy atom. The van der Waals surface area contributed by atoms with E-state index in [1.54, 1.807) is 0 Å². The van der Waals surface area contributed by atoms with E-state index in [9.17, 15) is 14.7 Å². The highest BCUT2D eigenvalue weighted by Gasteiger charge is 2.34. The minimum Gasteiger partial charge on any atom is -0.395 e. The third-order valence-electron chi connectivity index (χ3n) is 5.80. The van der Waals surface area contributed by atoms with Crippen molar-refractivity contribution >= 4 is 28.3 Å². The fourth-order valence-corrected chi connectivity index (χ4v) is 4.08. The normalized spacial score (nSPS) is 14.6. The van der Waals surface area contributed by atoms with E-state index in [0.29, 0.717) is 30.1 Å². The molecule has 28 heavy (non-hydrogen) atoms. The van der Waals surface area contributed by atoms with Gasteiger partial charge in [0, 0.05) is 47.7 Å². The summed E-state index contributed by atoms with van der Waals surface area (Å²) in [6, 6.07) is 9.37. The maximum absolute atomic E-state index is 13.2. The fraction of sp³-hybridized carbons (Fsp3) is 0.478. The molecule has 5 nitrogen and oxygen atoms in total. The summed E-state index contributed by atoms with van der Waals surface area (Å²) in [5, 5.41) is 10.9. The fourth-order valence-electron chi connectivity index (χ4n) is 4.08. The monoisotopic (exact) mass is 382 g/mol. The Morgan fingerprint density at radius 3 is 2.43 bits per heavy atom. The lowest BCUT2D eigenvalue weighted by atomic mass is 9.91. The Kier molecular flexibility index (Phi) is 6.35. The quantitative estimate of drug-likeness (QED) is 0.664. The number of nitrogens with zero attached hydrogens (tertiary/aromatic N) is 2. The summed E-state index contributed by atoms with van der Waals surface area (Å²) in [6.45, 7) is 5.29. The second-order valence-electron chi connectivity index (χ2n) is 7.64. The Balaban J connectivity index is 2.02. The van der Waals surface area contributed by atoms with Crippen molar-refractivity contribution in [2.45, 2.75) is 39.5 Å². The summed E-state index contributed by atoms with van der Waals surface area (Å²) in [4.78, 5) is 29.8. The van der Waals surface area contributed by atoms with Gasteiger partial charge in [0.15, 0.2) is 0 Å². The van der Waals surface area contributed by atoms with Crippen LogP contribution < -0.4 is 4.90 Å². The van der Waals surface area contributed by atoms with Gasteiger partial charge in [0.25, 0.3) is 11.8 Å². The topological polar surface area (TPSA) is 60.9 Å². The standard InChI is InChI=1S/C23H30N2O3/c1-4-6-8-16(5-2)15-25-22(27)18-10-7-9-17-20(24(3)13-14-26)12-11-19(21(17)18)23(25)28/h7,9-12,16,26H,4-6,8,13-15H2,1-3H3. The van der Waals surface area contributed by atoms with E-state index in [0.717, 1.165) is 42.1 Å². The van der Waals surface area contributed by atoms with Crippen molar-refractivity contribution in [3.63, 3.8) is 0 Å². The van der Waals surface area contributed by atoms with Crippen LogP contribution in [0, 0.1) is 5.92 Å². The first-order valence-electron chi connectivity index (χ1n) is 10.3. The number of benzene rings is 2. The van der Waals surface area contributed by atoms with Gasteiger partial charge in [0.05, 0.1) is 6.61 Å². The first-order chi connectivity index (χ1) is 13.5. The number of rotatable bonds is 9. The molecule has 150 valence electrons. The van der Waals surface area contributed by atoms with E-state index in [2.05, 4.69) is 13.8 Å². The third kappa shape index (κ3) is 3.63. The first-order valence-corrected chi connectivity index (χ1v) is 10.3. The lowest BCUT2D eigenvalue weighted by Crippen LogP contribution is -2.43. The van der Waals surface area contributed by atoms with Crippen LogP contribution >= 0.6 is 0 Å². The molecule has 2 aromatic rings. The summed E-state index contributed by atoms with van der Waals surface area (Å²) in [7, 11) is 1.90. The first kappa shape index (κ1) is 20.3. The number of carbonyl (C=O) groups excluding carboxylic acids is 2. The number of likely N-dealkylation sites (N-methyl/N-ethyl adjacent to an activating group) is 1. The second kappa shape index (κ2) is 8.74. The zero-order valence-electron chi connectivity index (χ0n) is 17.1. The minimum absolute atomic E-state index is 0.0429. The highest BCUT2D eigenvalue weighted by atomic mass is 16.3. The lowest BCUT2D eigenvalue weighted by Gasteiger charge is -2.31. The number of amides is 2. The zero-order valence-corrected chi connectivity index (χ0v) is 17.1. The van der Waals surface area contributed by atoms with Gasteiger partial charge in [0.2, 0.25) is 0 Å². The number of anilines is 1. The van der Waals surface area contributed by atoms with Gasteiger partial charge in [0.1, 0.15) is 0 Å². The summed E-state index contributed by atoms with van der Waals surface area (Å²) in [5.74, 6) is -0.0522. The Labute approximate surface area is 166 Å². The molecule has 0 radical (unpaired) electrons. The molecule has 3 rings (SSSR count). The van der Waals surface area contributed by atoms with Crippen LogP contribution in [0.5, 0.6) is 0 Å². The molecule has 0 spiro atoms. The van der Waals surface area contributed by atoms with Gasteiger partial charge in [-0.25, -0.2) is 0 Å². The average molecular weight is 383 g/mol. The van der Waals surface area contributed by atoms with Gasteiger partial charge >= 0.3 is 0 Å². The molecule has 0 aliphatic carbocycles. The Bertz CT molecular complexity index is 855. The van der Waals surface area contributed by atoms with Crippen molar-refractivity contribution in [2.75, 3.05) is 31.6 Å². The Morgan fingerprint density at radius 1 is 1.07 bits per heavy atom. The molecule has 2 amide bonds. The Hall–Kier alpha value is -2.40. The van der Waals surface area contributed by atoms with E-state index in [-0.39, 0.29) is 18.4 Å². The van der Waals surface area contributed by atoms with Gasteiger partial charge in [-0.15, -0.1) is 0 Å². The molecular formula is C23H30N2O3. The molecule has 1 heterocycles. The predicted octanol–water partition coefficient (Wildman–Crippen LogP) is 4.08. The van der Waals surface area contributed by atoms with Crippen LogP contribution in [0.4, 0.5) is 5.69 Å². The number of aliphatic hydroxyl groups is 1. The van der Waals surface area contributed by atoms with E-state index in [1.165, 1.54) is 4.90 Å². The molecule has 0 bridgehead atoms. The summed E-state index contributed by atoms with van der Waals surface area (Å²) >= 11 is 0. The van der Waals surface area contributed by atoms with Crippen molar-refractivity contribution in [3.05, 3.63) is 41.5 Å². The largest absolute Gasteiger partial charge is 0.395 e. The van der Waals surface area contributed by atoms with Crippen molar-refractivity contribution in [1.29, 1.82) is 0 Å². The average Bonchev–Trinajstić information content (AvgIpc) is 2.71. The van der Waals surface area contributed by atoms with Gasteiger partial charge in [-0.2, -0.15) is 0 Å². The summed E-state index contributed by atoms with van der Waals surface area (Å²) in [5.41, 5.74) is 2.10. The number of carbonyl (C=O) groups is 2. The third-order valence-corrected chi connectivity index (χ3v) is 5.80. The highest BCUT2D eigenvalue weighted by Crippen LogP contribution is 2.36. The van der Waals surface area contributed by atoms with Crippen molar-refractivity contribution in [1.82, 2.24) is 4.90 Å². The molecule has 1 unspecified atom stereocenters. The number of imide groups is 1. The molecule has 1 atom stereocenters. The van der Waals surface area contributed by atoms with E-state index in [4.69, 9.17) is 0 Å². The molecule has 2 aromatic carbocycles. The van der Waals surface area contributed by atoms with E-state index < -0.39 is 0 Å². The predicted molar refractivity (Wildman–Crippen MR) is 113 cm³/mol. The molecule has 0 saturated heterocycles. The van der Waals surface area contributed by atoms with Crippen LogP contribution in [-0.2, 0) is 0 Å². The van der Waals surface area contributed by atoms with Crippen molar-refractivity contribution in [2.24, 2.45) is 5.92 Å². The van der Waals surface area contributed by atoms with Crippen LogP contribution in [0.2, 0.25) is 0 Å². The van der Waals surface area contributed by atoms with Crippen LogP contribution in [0.3, 0.4) is 0 Å². The van der Waals surface area contributed by atoms with E-state index >= 15 is 0 Å². The van der Waals surface area contributed by atoms with Crippen LogP contribution in [0.15, 0.2) is 30.3 Å². The van der Waals surface area contributed by atoms with Gasteiger partial charge in [-0.05, 0) is 30.5 Å². The van der Waals surface area contributed by atoms with Gasteiger partial charge in [-0.3, -0.25) is 14.5 Å². The summed E-state index contributed by atoms with van der Waals surface area (Å²) in [6.07, 6.45) is 4.22.